The largest absolute Gasteiger partial charge is 0.368 e. The molecule has 7 nitrogen and oxygen atoms in total. The van der Waals surface area contributed by atoms with Crippen molar-refractivity contribution < 1.29 is 0 Å². The van der Waals surface area contributed by atoms with Crippen molar-refractivity contribution in [3.05, 3.63) is 24.9 Å². The minimum Gasteiger partial charge on any atom is -0.368 e. The van der Waals surface area contributed by atoms with E-state index in [1.54, 1.807) is 29.5 Å². The maximum absolute atomic E-state index is 5.59. The molecule has 3 heterocycles. The van der Waals surface area contributed by atoms with Crippen LogP contribution in [0.5, 0.6) is 0 Å². The first-order chi connectivity index (χ1) is 7.34. The molecule has 0 saturated carbocycles. The molecule has 0 aliphatic heterocycles. The Balaban J connectivity index is 2.38. The number of nitrogens with zero attached hydrogens (tertiary/aromatic N) is 5. The summed E-state index contributed by atoms with van der Waals surface area (Å²) in [6.07, 6.45) is 6.76. The van der Waals surface area contributed by atoms with E-state index in [-0.39, 0.29) is 5.95 Å². The average molecular weight is 201 g/mol. The summed E-state index contributed by atoms with van der Waals surface area (Å²) in [4.78, 5) is 12.1. The number of hydrogen-bond acceptors (Lipinski definition) is 5. The van der Waals surface area contributed by atoms with Gasteiger partial charge in [0.1, 0.15) is 6.33 Å². The van der Waals surface area contributed by atoms with Crippen LogP contribution in [0, 0.1) is 0 Å². The molecule has 0 amide bonds. The van der Waals surface area contributed by atoms with E-state index < -0.39 is 0 Å². The molecule has 0 fully saturated rings. The number of imidazole rings is 1. The topological polar surface area (TPSA) is 98.3 Å². The Kier molecular flexibility index (Phi) is 1.46. The smallest absolute Gasteiger partial charge is 0.224 e. The van der Waals surface area contributed by atoms with Gasteiger partial charge in [0.25, 0.3) is 0 Å². The van der Waals surface area contributed by atoms with Gasteiger partial charge in [-0.1, -0.05) is 0 Å². The molecular formula is C8H7N7. The highest BCUT2D eigenvalue weighted by molar-refractivity contribution is 5.82. The Hall–Kier alpha value is -2.44. The van der Waals surface area contributed by atoms with Gasteiger partial charge in [-0.15, -0.1) is 0 Å². The number of nitrogens with two attached hydrogens (primary N) is 1. The molecule has 15 heavy (non-hydrogen) atoms. The second-order valence-corrected chi connectivity index (χ2v) is 3.01. The molecule has 0 bridgehead atoms. The lowest BCUT2D eigenvalue weighted by Crippen LogP contribution is -2.01. The van der Waals surface area contributed by atoms with E-state index in [4.69, 9.17) is 5.73 Å². The molecule has 0 aliphatic carbocycles. The van der Waals surface area contributed by atoms with Gasteiger partial charge in [0.05, 0.1) is 11.6 Å². The Morgan fingerprint density at radius 1 is 1.33 bits per heavy atom. The summed E-state index contributed by atoms with van der Waals surface area (Å²) < 4.78 is 1.76. The SMILES string of the molecule is Nc1nc(-n2ccnc2)c2cn[nH]c2n1. The molecule has 0 unspecified atom stereocenters. The van der Waals surface area contributed by atoms with Gasteiger partial charge in [0.2, 0.25) is 5.95 Å². The minimum atomic E-state index is 0.204. The lowest BCUT2D eigenvalue weighted by atomic mass is 10.4. The highest BCUT2D eigenvalue weighted by Crippen LogP contribution is 2.17. The molecule has 3 aromatic rings. The van der Waals surface area contributed by atoms with E-state index in [9.17, 15) is 0 Å². The summed E-state index contributed by atoms with van der Waals surface area (Å²) in [6.45, 7) is 0. The fourth-order valence-electron chi connectivity index (χ4n) is 1.42. The van der Waals surface area contributed by atoms with E-state index in [0.29, 0.717) is 11.5 Å². The monoisotopic (exact) mass is 201 g/mol. The summed E-state index contributed by atoms with van der Waals surface area (Å²) in [5.74, 6) is 0.874. The van der Waals surface area contributed by atoms with Crippen LogP contribution in [-0.2, 0) is 0 Å². The molecule has 0 spiro atoms. The standard InChI is InChI=1S/C8H7N7/c9-8-12-6-5(3-11-14-6)7(13-8)15-2-1-10-4-15/h1-4H,(H3,9,11,12,13,14). The zero-order chi connectivity index (χ0) is 10.3. The first kappa shape index (κ1) is 7.92. The zero-order valence-corrected chi connectivity index (χ0v) is 7.62. The van der Waals surface area contributed by atoms with Gasteiger partial charge in [0.15, 0.2) is 11.5 Å². The molecule has 0 aliphatic rings. The van der Waals surface area contributed by atoms with E-state index in [1.165, 1.54) is 0 Å². The van der Waals surface area contributed by atoms with Gasteiger partial charge in [-0.05, 0) is 0 Å². The van der Waals surface area contributed by atoms with Crippen LogP contribution in [0.4, 0.5) is 5.95 Å². The number of nitrogen functional groups attached to an aromatic ring is 1. The summed E-state index contributed by atoms with van der Waals surface area (Å²) in [6, 6.07) is 0. The number of rotatable bonds is 1. The minimum absolute atomic E-state index is 0.204. The molecule has 3 N–H and O–H groups in total. The normalized spacial score (nSPS) is 10.9. The van der Waals surface area contributed by atoms with Crippen molar-refractivity contribution in [1.82, 2.24) is 29.7 Å². The summed E-state index contributed by atoms with van der Waals surface area (Å²) in [5, 5.41) is 7.45. The van der Waals surface area contributed by atoms with Crippen LogP contribution < -0.4 is 5.73 Å². The first-order valence-electron chi connectivity index (χ1n) is 4.29. The predicted octanol–water partition coefficient (Wildman–Crippen LogP) is 0.121. The molecule has 0 radical (unpaired) electrons. The van der Waals surface area contributed by atoms with E-state index >= 15 is 0 Å². The highest BCUT2D eigenvalue weighted by atomic mass is 15.2. The van der Waals surface area contributed by atoms with Crippen LogP contribution in [0.2, 0.25) is 0 Å². The molecule has 74 valence electrons. The predicted molar refractivity (Wildman–Crippen MR) is 53.2 cm³/mol. The van der Waals surface area contributed by atoms with Crippen molar-refractivity contribution in [3.63, 3.8) is 0 Å². The van der Waals surface area contributed by atoms with E-state index in [1.807, 2.05) is 0 Å². The van der Waals surface area contributed by atoms with Crippen LogP contribution in [0.3, 0.4) is 0 Å². The molecule has 0 saturated heterocycles. The number of hydrogen-bond donors (Lipinski definition) is 2. The highest BCUT2D eigenvalue weighted by Gasteiger charge is 2.08. The number of nitrogens with one attached hydrogen (secondary N) is 1. The van der Waals surface area contributed by atoms with Crippen LogP contribution in [0.1, 0.15) is 0 Å². The molecule has 3 rings (SSSR count). The van der Waals surface area contributed by atoms with Gasteiger partial charge in [-0.25, -0.2) is 4.98 Å². The quantitative estimate of drug-likeness (QED) is 0.582. The molecule has 7 heteroatoms. The van der Waals surface area contributed by atoms with E-state index in [2.05, 4.69) is 25.1 Å². The summed E-state index contributed by atoms with van der Waals surface area (Å²) in [7, 11) is 0. The van der Waals surface area contributed by atoms with E-state index in [0.717, 1.165) is 5.39 Å². The van der Waals surface area contributed by atoms with Gasteiger partial charge in [-0.2, -0.15) is 15.1 Å². The lowest BCUT2D eigenvalue weighted by Gasteiger charge is -2.02. The van der Waals surface area contributed by atoms with Gasteiger partial charge < -0.3 is 5.73 Å². The van der Waals surface area contributed by atoms with Crippen LogP contribution in [0.25, 0.3) is 16.9 Å². The molecular weight excluding hydrogens is 194 g/mol. The van der Waals surface area contributed by atoms with Crippen molar-refractivity contribution in [2.24, 2.45) is 0 Å². The maximum Gasteiger partial charge on any atom is 0.224 e. The van der Waals surface area contributed by atoms with Gasteiger partial charge in [0, 0.05) is 12.4 Å². The fraction of sp³-hybridized carbons (Fsp3) is 0. The number of anilines is 1. The number of fused-ring (bicyclic) bond motifs is 1. The van der Waals surface area contributed by atoms with Crippen LogP contribution in [-0.4, -0.2) is 29.7 Å². The Morgan fingerprint density at radius 3 is 3.07 bits per heavy atom. The average Bonchev–Trinajstić information content (AvgIpc) is 2.86. The number of H-pyrrole nitrogens is 1. The third-order valence-electron chi connectivity index (χ3n) is 2.06. The Bertz CT molecular complexity index is 595. The third kappa shape index (κ3) is 1.13. The number of aromatic nitrogens is 6. The van der Waals surface area contributed by atoms with Gasteiger partial charge >= 0.3 is 0 Å². The van der Waals surface area contributed by atoms with Crippen molar-refractivity contribution in [3.8, 4) is 5.82 Å². The van der Waals surface area contributed by atoms with Crippen molar-refractivity contribution in [2.75, 3.05) is 5.73 Å². The Labute approximate surface area is 84.0 Å². The second kappa shape index (κ2) is 2.77. The molecule has 3 aromatic heterocycles. The van der Waals surface area contributed by atoms with Crippen molar-refractivity contribution in [2.45, 2.75) is 0 Å². The third-order valence-corrected chi connectivity index (χ3v) is 2.06. The van der Waals surface area contributed by atoms with Crippen LogP contribution in [0.15, 0.2) is 24.9 Å². The first-order valence-corrected chi connectivity index (χ1v) is 4.29. The van der Waals surface area contributed by atoms with Crippen molar-refractivity contribution in [1.29, 1.82) is 0 Å². The lowest BCUT2D eigenvalue weighted by molar-refractivity contribution is 0.997. The maximum atomic E-state index is 5.59. The summed E-state index contributed by atoms with van der Waals surface area (Å²) in [5.41, 5.74) is 6.20. The van der Waals surface area contributed by atoms with Gasteiger partial charge in [-0.3, -0.25) is 9.67 Å². The molecule has 0 atom stereocenters. The Morgan fingerprint density at radius 2 is 2.27 bits per heavy atom. The van der Waals surface area contributed by atoms with Crippen LogP contribution >= 0.6 is 0 Å². The van der Waals surface area contributed by atoms with Crippen molar-refractivity contribution >= 4 is 17.0 Å². The fourth-order valence-corrected chi connectivity index (χ4v) is 1.42. The second-order valence-electron chi connectivity index (χ2n) is 3.01. The summed E-state index contributed by atoms with van der Waals surface area (Å²) >= 11 is 0. The molecule has 0 aromatic carbocycles. The zero-order valence-electron chi connectivity index (χ0n) is 7.62. The number of aromatic amines is 1.